The third-order valence-corrected chi connectivity index (χ3v) is 6.74. The molecular weight excluding hydrogens is 410 g/mol. The molecule has 7 heteroatoms. The summed E-state index contributed by atoms with van der Waals surface area (Å²) in [7, 11) is 0. The number of aromatic nitrogens is 2. The molecule has 0 saturated heterocycles. The summed E-state index contributed by atoms with van der Waals surface area (Å²) in [5.41, 5.74) is 2.87. The summed E-state index contributed by atoms with van der Waals surface area (Å²) in [5.74, 6) is 2.73. The molecule has 0 aliphatic heterocycles. The van der Waals surface area contributed by atoms with Crippen LogP contribution in [0.5, 0.6) is 11.5 Å². The van der Waals surface area contributed by atoms with Crippen LogP contribution in [0.25, 0.3) is 10.2 Å². The van der Waals surface area contributed by atoms with Crippen molar-refractivity contribution in [3.05, 3.63) is 45.7 Å². The molecule has 1 fully saturated rings. The highest BCUT2D eigenvalue weighted by Gasteiger charge is 2.28. The number of aryl methyl sites for hydroxylation is 2. The van der Waals surface area contributed by atoms with Crippen LogP contribution in [0.3, 0.4) is 0 Å². The quantitative estimate of drug-likeness (QED) is 0.503. The number of ether oxygens (including phenoxy) is 2. The predicted octanol–water partition coefficient (Wildman–Crippen LogP) is 5.47. The van der Waals surface area contributed by atoms with E-state index in [9.17, 15) is 4.79 Å². The number of benzene rings is 1. The zero-order valence-electron chi connectivity index (χ0n) is 18.7. The summed E-state index contributed by atoms with van der Waals surface area (Å²) in [4.78, 5) is 24.2. The molecule has 3 aromatic rings. The molecule has 1 amide bonds. The topological polar surface area (TPSA) is 73.3 Å². The van der Waals surface area contributed by atoms with Crippen molar-refractivity contribution in [2.75, 3.05) is 13.2 Å². The molecule has 1 N–H and O–H groups in total. The van der Waals surface area contributed by atoms with Crippen LogP contribution in [0, 0.1) is 13.8 Å². The van der Waals surface area contributed by atoms with E-state index in [1.807, 2.05) is 52.8 Å². The molecule has 0 spiro atoms. The lowest BCUT2D eigenvalue weighted by Gasteiger charge is -2.17. The number of amides is 1. The molecular formula is C24H29N3O3S. The van der Waals surface area contributed by atoms with E-state index >= 15 is 0 Å². The maximum absolute atomic E-state index is 13.1. The Labute approximate surface area is 187 Å². The minimum atomic E-state index is -0.179. The number of nitrogens with zero attached hydrogens (tertiary/aromatic N) is 2. The Morgan fingerprint density at radius 2 is 1.87 bits per heavy atom. The monoisotopic (exact) mass is 439 g/mol. The molecule has 2 heterocycles. The van der Waals surface area contributed by atoms with E-state index in [-0.39, 0.29) is 11.9 Å². The van der Waals surface area contributed by atoms with Crippen molar-refractivity contribution >= 4 is 27.5 Å². The van der Waals surface area contributed by atoms with Gasteiger partial charge in [0.15, 0.2) is 11.5 Å². The van der Waals surface area contributed by atoms with Crippen molar-refractivity contribution in [1.29, 1.82) is 0 Å². The number of carbonyl (C=O) groups is 1. The maximum Gasteiger partial charge on any atom is 0.262 e. The van der Waals surface area contributed by atoms with Crippen LogP contribution in [-0.4, -0.2) is 29.1 Å². The van der Waals surface area contributed by atoms with Gasteiger partial charge in [0, 0.05) is 11.3 Å². The van der Waals surface area contributed by atoms with Gasteiger partial charge in [0.25, 0.3) is 5.91 Å². The highest BCUT2D eigenvalue weighted by Crippen LogP contribution is 2.40. The van der Waals surface area contributed by atoms with Gasteiger partial charge < -0.3 is 14.8 Å². The fourth-order valence-electron chi connectivity index (χ4n) is 3.78. The van der Waals surface area contributed by atoms with Crippen LogP contribution in [0.15, 0.2) is 18.2 Å². The molecule has 1 aliphatic rings. The third kappa shape index (κ3) is 4.37. The number of hydrogen-bond donors (Lipinski definition) is 1. The molecule has 0 radical (unpaired) electrons. The van der Waals surface area contributed by atoms with Crippen LogP contribution in [0.2, 0.25) is 0 Å². The Hall–Kier alpha value is -2.67. The van der Waals surface area contributed by atoms with Gasteiger partial charge in [0.1, 0.15) is 10.7 Å². The second-order valence-corrected chi connectivity index (χ2v) is 8.94. The number of thiophene rings is 1. The van der Waals surface area contributed by atoms with Gasteiger partial charge in [-0.2, -0.15) is 0 Å². The van der Waals surface area contributed by atoms with E-state index in [2.05, 4.69) is 5.32 Å². The van der Waals surface area contributed by atoms with Crippen molar-refractivity contribution in [2.45, 2.75) is 59.4 Å². The summed E-state index contributed by atoms with van der Waals surface area (Å²) in [6.07, 6.45) is 2.32. The smallest absolute Gasteiger partial charge is 0.262 e. The SMILES string of the molecule is CCOc1ccc(C(C)NC(=O)c2sc3nc(C4CC4)nc(C)c3c2C)cc1OCC. The zero-order valence-corrected chi connectivity index (χ0v) is 19.6. The minimum absolute atomic E-state index is 0.0905. The average molecular weight is 440 g/mol. The molecule has 6 nitrogen and oxygen atoms in total. The Balaban J connectivity index is 1.57. The molecule has 1 unspecified atom stereocenters. The van der Waals surface area contributed by atoms with E-state index in [0.717, 1.165) is 45.7 Å². The Kier molecular flexibility index (Phi) is 6.14. The number of carbonyl (C=O) groups excluding carboxylic acids is 1. The van der Waals surface area contributed by atoms with Gasteiger partial charge in [-0.15, -0.1) is 11.3 Å². The van der Waals surface area contributed by atoms with E-state index in [0.29, 0.717) is 35.5 Å². The van der Waals surface area contributed by atoms with Crippen molar-refractivity contribution < 1.29 is 14.3 Å². The van der Waals surface area contributed by atoms with Gasteiger partial charge in [0.05, 0.1) is 29.8 Å². The lowest BCUT2D eigenvalue weighted by Crippen LogP contribution is -2.26. The number of fused-ring (bicyclic) bond motifs is 1. The van der Waals surface area contributed by atoms with Crippen LogP contribution < -0.4 is 14.8 Å². The second kappa shape index (κ2) is 8.83. The fraction of sp³-hybridized carbons (Fsp3) is 0.458. The average Bonchev–Trinajstić information content (AvgIpc) is 3.53. The van der Waals surface area contributed by atoms with Crippen molar-refractivity contribution in [1.82, 2.24) is 15.3 Å². The van der Waals surface area contributed by atoms with Crippen LogP contribution in [-0.2, 0) is 0 Å². The lowest BCUT2D eigenvalue weighted by molar-refractivity contribution is 0.0943. The van der Waals surface area contributed by atoms with Crippen LogP contribution in [0.4, 0.5) is 0 Å². The standard InChI is InChI=1S/C24H29N3O3S/c1-6-29-18-11-10-17(12-19(18)30-7-2)14(4)26-23(28)21-13(3)20-15(5)25-22(16-8-9-16)27-24(20)31-21/h10-12,14,16H,6-9H2,1-5H3,(H,26,28). The van der Waals surface area contributed by atoms with E-state index in [1.54, 1.807) is 0 Å². The normalized spacial score (nSPS) is 14.5. The third-order valence-electron chi connectivity index (χ3n) is 5.55. The van der Waals surface area contributed by atoms with E-state index in [1.165, 1.54) is 11.3 Å². The first-order valence-electron chi connectivity index (χ1n) is 10.9. The highest BCUT2D eigenvalue weighted by molar-refractivity contribution is 7.20. The van der Waals surface area contributed by atoms with Crippen LogP contribution in [0.1, 0.15) is 77.9 Å². The second-order valence-electron chi connectivity index (χ2n) is 7.95. The Morgan fingerprint density at radius 1 is 1.16 bits per heavy atom. The first kappa shape index (κ1) is 21.6. The first-order chi connectivity index (χ1) is 14.9. The largest absolute Gasteiger partial charge is 0.490 e. The Bertz CT molecular complexity index is 1120. The van der Waals surface area contributed by atoms with Gasteiger partial charge >= 0.3 is 0 Å². The summed E-state index contributed by atoms with van der Waals surface area (Å²) in [5, 5.41) is 4.14. The molecule has 4 rings (SSSR count). The lowest BCUT2D eigenvalue weighted by atomic mass is 10.1. The minimum Gasteiger partial charge on any atom is -0.490 e. The van der Waals surface area contributed by atoms with Gasteiger partial charge in [-0.1, -0.05) is 6.07 Å². The molecule has 0 bridgehead atoms. The molecule has 164 valence electrons. The highest BCUT2D eigenvalue weighted by atomic mass is 32.1. The number of rotatable bonds is 8. The summed E-state index contributed by atoms with van der Waals surface area (Å²) in [6.45, 7) is 11.0. The molecule has 1 saturated carbocycles. The summed E-state index contributed by atoms with van der Waals surface area (Å²) < 4.78 is 11.4. The molecule has 1 aromatic carbocycles. The van der Waals surface area contributed by atoms with Crippen molar-refractivity contribution in [3.63, 3.8) is 0 Å². The van der Waals surface area contributed by atoms with Crippen LogP contribution >= 0.6 is 11.3 Å². The van der Waals surface area contributed by atoms with E-state index in [4.69, 9.17) is 19.4 Å². The number of nitrogens with one attached hydrogen (secondary N) is 1. The first-order valence-corrected chi connectivity index (χ1v) is 11.7. The summed E-state index contributed by atoms with van der Waals surface area (Å²) in [6, 6.07) is 5.62. The van der Waals surface area contributed by atoms with Crippen molar-refractivity contribution in [3.8, 4) is 11.5 Å². The molecule has 31 heavy (non-hydrogen) atoms. The molecule has 2 aromatic heterocycles. The number of hydrogen-bond acceptors (Lipinski definition) is 6. The predicted molar refractivity (Wildman–Crippen MR) is 124 cm³/mol. The van der Waals surface area contributed by atoms with Crippen molar-refractivity contribution in [2.24, 2.45) is 0 Å². The Morgan fingerprint density at radius 3 is 2.55 bits per heavy atom. The van der Waals surface area contributed by atoms with Gasteiger partial charge in [-0.25, -0.2) is 9.97 Å². The summed E-state index contributed by atoms with van der Waals surface area (Å²) >= 11 is 1.46. The van der Waals surface area contributed by atoms with Gasteiger partial charge in [-0.05, 0) is 70.7 Å². The van der Waals surface area contributed by atoms with Gasteiger partial charge in [0.2, 0.25) is 0 Å². The maximum atomic E-state index is 13.1. The fourth-order valence-corrected chi connectivity index (χ4v) is 4.93. The van der Waals surface area contributed by atoms with E-state index < -0.39 is 0 Å². The molecule has 1 aliphatic carbocycles. The molecule has 1 atom stereocenters. The van der Waals surface area contributed by atoms with Gasteiger partial charge in [-0.3, -0.25) is 4.79 Å². The zero-order chi connectivity index (χ0) is 22.1.